The van der Waals surface area contributed by atoms with Gasteiger partial charge in [0.2, 0.25) is 0 Å². The Morgan fingerprint density at radius 2 is 1.65 bits per heavy atom. The first-order valence-corrected chi connectivity index (χ1v) is 9.71. The predicted molar refractivity (Wildman–Crippen MR) is 117 cm³/mol. The van der Waals surface area contributed by atoms with Crippen molar-refractivity contribution in [2.45, 2.75) is 6.92 Å². The molecule has 1 heterocycles. The van der Waals surface area contributed by atoms with E-state index >= 15 is 0 Å². The van der Waals surface area contributed by atoms with Crippen LogP contribution in [0.3, 0.4) is 0 Å². The second-order valence-corrected chi connectivity index (χ2v) is 6.67. The van der Waals surface area contributed by atoms with Crippen LogP contribution in [0.15, 0.2) is 48.8 Å². The van der Waals surface area contributed by atoms with E-state index < -0.39 is 11.8 Å². The molecule has 0 atom stereocenters. The average molecular weight is 442 g/mol. The zero-order valence-corrected chi connectivity index (χ0v) is 17.5. The van der Waals surface area contributed by atoms with Gasteiger partial charge < -0.3 is 25.7 Å². The number of anilines is 2. The molecule has 0 radical (unpaired) electrons. The number of nitrogens with zero attached hydrogens (tertiary/aromatic N) is 1. The third-order valence-corrected chi connectivity index (χ3v) is 4.52. The number of benzene rings is 2. The monoisotopic (exact) mass is 441 g/mol. The fraction of sp³-hybridized carbons (Fsp3) is 0.143. The number of ether oxygens (including phenoxy) is 1. The molecule has 2 aromatic carbocycles. The molecule has 9 nitrogen and oxygen atoms in total. The Balaban J connectivity index is 1.65. The minimum Gasteiger partial charge on any atom is -0.494 e. The lowest BCUT2D eigenvalue weighted by molar-refractivity contribution is 0.0943. The van der Waals surface area contributed by atoms with Gasteiger partial charge in [0.1, 0.15) is 11.4 Å². The highest BCUT2D eigenvalue weighted by Gasteiger charge is 2.19. The van der Waals surface area contributed by atoms with Crippen molar-refractivity contribution in [1.29, 1.82) is 0 Å². The smallest absolute Gasteiger partial charge is 0.274 e. The first-order chi connectivity index (χ1) is 14.9. The van der Waals surface area contributed by atoms with Crippen molar-refractivity contribution in [3.8, 4) is 5.75 Å². The number of rotatable bonds is 7. The summed E-state index contributed by atoms with van der Waals surface area (Å²) in [5.41, 5.74) is 1.33. The molecule has 4 N–H and O–H groups in total. The Bertz CT molecular complexity index is 1110. The average Bonchev–Trinajstić information content (AvgIpc) is 3.25. The predicted octanol–water partition coefficient (Wildman–Crippen LogP) is 3.33. The highest BCUT2D eigenvalue weighted by atomic mass is 35.5. The zero-order valence-electron chi connectivity index (χ0n) is 16.8. The molecule has 1 aromatic heterocycles. The van der Waals surface area contributed by atoms with Crippen LogP contribution in [0.25, 0.3) is 0 Å². The van der Waals surface area contributed by atoms with Gasteiger partial charge in [0.05, 0.1) is 23.5 Å². The van der Waals surface area contributed by atoms with Gasteiger partial charge in [-0.3, -0.25) is 14.4 Å². The van der Waals surface area contributed by atoms with E-state index in [0.29, 0.717) is 29.3 Å². The largest absolute Gasteiger partial charge is 0.494 e. The first kappa shape index (κ1) is 21.8. The highest BCUT2D eigenvalue weighted by molar-refractivity contribution is 6.34. The van der Waals surface area contributed by atoms with Crippen LogP contribution in [0.2, 0.25) is 5.02 Å². The summed E-state index contributed by atoms with van der Waals surface area (Å²) in [5.74, 6) is -0.787. The number of hydrogen-bond donors (Lipinski definition) is 4. The third-order valence-electron chi connectivity index (χ3n) is 4.21. The summed E-state index contributed by atoms with van der Waals surface area (Å²) in [4.78, 5) is 43.2. The Morgan fingerprint density at radius 1 is 1.00 bits per heavy atom. The number of aromatic nitrogens is 2. The van der Waals surface area contributed by atoms with Gasteiger partial charge in [-0.05, 0) is 49.4 Å². The number of nitrogens with one attached hydrogen (secondary N) is 4. The standard InChI is InChI=1S/C21H20ClN5O4/c1-3-31-14-8-9-15(16(22)10-14)19(28)26-12-4-6-13(7-5-12)27-21(30)18-17(20(29)23-2)24-11-25-18/h4-11H,3H2,1-2H3,(H,23,29)(H,24,25)(H,26,28)(H,27,30). The van der Waals surface area contributed by atoms with Crippen LogP contribution >= 0.6 is 11.6 Å². The highest BCUT2D eigenvalue weighted by Crippen LogP contribution is 2.24. The maximum Gasteiger partial charge on any atom is 0.274 e. The second kappa shape index (κ2) is 9.77. The van der Waals surface area contributed by atoms with Crippen LogP contribution in [0.1, 0.15) is 38.3 Å². The topological polar surface area (TPSA) is 125 Å². The second-order valence-electron chi connectivity index (χ2n) is 6.27. The van der Waals surface area contributed by atoms with Crippen LogP contribution < -0.4 is 20.7 Å². The number of hydrogen-bond acceptors (Lipinski definition) is 5. The van der Waals surface area contributed by atoms with Crippen LogP contribution in [0.5, 0.6) is 5.75 Å². The van der Waals surface area contributed by atoms with Crippen LogP contribution in [0, 0.1) is 0 Å². The van der Waals surface area contributed by atoms with Crippen molar-refractivity contribution in [1.82, 2.24) is 15.3 Å². The van der Waals surface area contributed by atoms with Crippen molar-refractivity contribution in [2.24, 2.45) is 0 Å². The zero-order chi connectivity index (χ0) is 22.4. The van der Waals surface area contributed by atoms with Crippen LogP contribution in [-0.2, 0) is 0 Å². The first-order valence-electron chi connectivity index (χ1n) is 9.33. The van der Waals surface area contributed by atoms with Gasteiger partial charge in [0, 0.05) is 18.4 Å². The van der Waals surface area contributed by atoms with E-state index in [9.17, 15) is 14.4 Å². The van der Waals surface area contributed by atoms with Crippen molar-refractivity contribution >= 4 is 40.7 Å². The lowest BCUT2D eigenvalue weighted by Crippen LogP contribution is -2.23. The summed E-state index contributed by atoms with van der Waals surface area (Å²) in [6.45, 7) is 2.36. The normalized spacial score (nSPS) is 10.3. The lowest BCUT2D eigenvalue weighted by Gasteiger charge is -2.10. The molecule has 0 fully saturated rings. The Labute approximate surface area is 183 Å². The van der Waals surface area contributed by atoms with Gasteiger partial charge >= 0.3 is 0 Å². The minimum absolute atomic E-state index is 0.00359. The summed E-state index contributed by atoms with van der Waals surface area (Å²) in [5, 5.41) is 8.11. The number of imidazole rings is 1. The lowest BCUT2D eigenvalue weighted by atomic mass is 10.2. The summed E-state index contributed by atoms with van der Waals surface area (Å²) >= 11 is 6.18. The van der Waals surface area contributed by atoms with Crippen molar-refractivity contribution in [2.75, 3.05) is 24.3 Å². The van der Waals surface area contributed by atoms with Crippen LogP contribution in [-0.4, -0.2) is 41.3 Å². The van der Waals surface area contributed by atoms with Gasteiger partial charge in [-0.15, -0.1) is 0 Å². The molecule has 0 aliphatic rings. The van der Waals surface area contributed by atoms with E-state index in [0.717, 1.165) is 0 Å². The van der Waals surface area contributed by atoms with Gasteiger partial charge in [-0.2, -0.15) is 0 Å². The molecule has 3 amide bonds. The van der Waals surface area contributed by atoms with E-state index in [2.05, 4.69) is 25.9 Å². The molecule has 0 bridgehead atoms. The Kier molecular flexibility index (Phi) is 6.88. The molecule has 10 heteroatoms. The van der Waals surface area contributed by atoms with E-state index in [1.165, 1.54) is 13.4 Å². The molecule has 31 heavy (non-hydrogen) atoms. The fourth-order valence-electron chi connectivity index (χ4n) is 2.72. The van der Waals surface area contributed by atoms with Crippen molar-refractivity contribution in [3.63, 3.8) is 0 Å². The Hall–Kier alpha value is -3.85. The van der Waals surface area contributed by atoms with Gasteiger partial charge in [-0.25, -0.2) is 4.98 Å². The quantitative estimate of drug-likeness (QED) is 0.447. The molecule has 0 aliphatic carbocycles. The molecule has 3 rings (SSSR count). The summed E-state index contributed by atoms with van der Waals surface area (Å²) in [7, 11) is 1.45. The molecule has 0 aliphatic heterocycles. The molecule has 3 aromatic rings. The molecule has 160 valence electrons. The third kappa shape index (κ3) is 5.20. The number of halogens is 1. The summed E-state index contributed by atoms with van der Waals surface area (Å²) in [6, 6.07) is 11.3. The Morgan fingerprint density at radius 3 is 2.23 bits per heavy atom. The molecular formula is C21H20ClN5O4. The number of carbonyl (C=O) groups excluding carboxylic acids is 3. The van der Waals surface area contributed by atoms with Crippen molar-refractivity contribution in [3.05, 3.63) is 70.8 Å². The maximum atomic E-state index is 12.5. The molecule has 0 spiro atoms. The summed E-state index contributed by atoms with van der Waals surface area (Å²) in [6.07, 6.45) is 1.27. The molecule has 0 saturated heterocycles. The van der Waals surface area contributed by atoms with Gasteiger partial charge in [0.15, 0.2) is 5.69 Å². The molecular weight excluding hydrogens is 422 g/mol. The number of carbonyl (C=O) groups is 3. The van der Waals surface area contributed by atoms with E-state index in [1.54, 1.807) is 42.5 Å². The maximum absolute atomic E-state index is 12.5. The van der Waals surface area contributed by atoms with Gasteiger partial charge in [0.25, 0.3) is 17.7 Å². The molecule has 0 unspecified atom stereocenters. The number of amides is 3. The van der Waals surface area contributed by atoms with Gasteiger partial charge in [-0.1, -0.05) is 11.6 Å². The number of H-pyrrole nitrogens is 1. The van der Waals surface area contributed by atoms with Crippen molar-refractivity contribution < 1.29 is 19.1 Å². The summed E-state index contributed by atoms with van der Waals surface area (Å²) < 4.78 is 5.36. The molecule has 0 saturated carbocycles. The van der Waals surface area contributed by atoms with E-state index in [4.69, 9.17) is 16.3 Å². The number of aromatic amines is 1. The van der Waals surface area contributed by atoms with E-state index in [1.807, 2.05) is 6.92 Å². The van der Waals surface area contributed by atoms with E-state index in [-0.39, 0.29) is 22.3 Å². The van der Waals surface area contributed by atoms with Crippen LogP contribution in [0.4, 0.5) is 11.4 Å². The fourth-order valence-corrected chi connectivity index (χ4v) is 2.98. The minimum atomic E-state index is -0.519. The SMILES string of the molecule is CCOc1ccc(C(=O)Nc2ccc(NC(=O)c3[nH]cnc3C(=O)NC)cc2)c(Cl)c1.